The van der Waals surface area contributed by atoms with Gasteiger partial charge in [0.25, 0.3) is 0 Å². The fourth-order valence-corrected chi connectivity index (χ4v) is 10.8. The molecule has 33 heavy (non-hydrogen) atoms. The molecule has 0 aromatic carbocycles. The van der Waals surface area contributed by atoms with E-state index in [0.717, 1.165) is 54.8 Å². The Hall–Kier alpha value is -0.153. The van der Waals surface area contributed by atoms with E-state index in [1.807, 2.05) is 0 Å². The van der Waals surface area contributed by atoms with Crippen LogP contribution in [0, 0.1) is 52.3 Å². The van der Waals surface area contributed by atoms with Crippen molar-refractivity contribution in [1.29, 1.82) is 0 Å². The minimum Gasteiger partial charge on any atom is -0.414 e. The van der Waals surface area contributed by atoms with Crippen molar-refractivity contribution >= 4 is 14.1 Å². The molecule has 190 valence electrons. The van der Waals surface area contributed by atoms with Gasteiger partial charge < -0.3 is 4.43 Å². The van der Waals surface area contributed by atoms with Gasteiger partial charge in [0.2, 0.25) is 0 Å². The molecule has 0 aromatic rings. The maximum Gasteiger partial charge on any atom is 0.184 e. The first-order valence-corrected chi connectivity index (χ1v) is 18.0. The van der Waals surface area contributed by atoms with Gasteiger partial charge in [0.15, 0.2) is 8.32 Å². The molecule has 0 aromatic heterocycles. The summed E-state index contributed by atoms with van der Waals surface area (Å²) in [6, 6.07) is 0. The van der Waals surface area contributed by atoms with E-state index in [0.29, 0.717) is 28.6 Å². The van der Waals surface area contributed by atoms with Crippen LogP contribution in [-0.4, -0.2) is 20.2 Å². The Balaban J connectivity index is 1.56. The van der Waals surface area contributed by atoms with Crippen LogP contribution in [0.15, 0.2) is 0 Å². The second-order valence-electron chi connectivity index (χ2n) is 14.8. The number of ketones is 1. The van der Waals surface area contributed by atoms with Crippen LogP contribution in [0.3, 0.4) is 0 Å². The van der Waals surface area contributed by atoms with Crippen LogP contribution in [0.5, 0.6) is 0 Å². The Kier molecular flexibility index (Phi) is 7.37. The summed E-state index contributed by atoms with van der Waals surface area (Å²) in [6.07, 6.45) is 14.2. The summed E-state index contributed by atoms with van der Waals surface area (Å²) < 4.78 is 6.93. The maximum absolute atomic E-state index is 12.6. The minimum atomic E-state index is -1.65. The van der Waals surface area contributed by atoms with Gasteiger partial charge in [-0.3, -0.25) is 4.79 Å². The number of carbonyl (C=O) groups excluding carboxylic acids is 1. The van der Waals surface area contributed by atoms with Crippen LogP contribution in [0.4, 0.5) is 0 Å². The van der Waals surface area contributed by atoms with Gasteiger partial charge in [0, 0.05) is 18.9 Å². The number of rotatable bonds is 7. The van der Waals surface area contributed by atoms with Crippen molar-refractivity contribution < 1.29 is 9.22 Å². The van der Waals surface area contributed by atoms with Gasteiger partial charge in [-0.2, -0.15) is 0 Å². The Bertz CT molecular complexity index is 711. The van der Waals surface area contributed by atoms with E-state index in [1.165, 1.54) is 51.4 Å². The molecule has 0 saturated heterocycles. The first-order valence-electron chi connectivity index (χ1n) is 14.5. The molecule has 4 saturated carbocycles. The van der Waals surface area contributed by atoms with Crippen molar-refractivity contribution in [3.05, 3.63) is 0 Å². The summed E-state index contributed by atoms with van der Waals surface area (Å²) in [7, 11) is -1.65. The van der Waals surface area contributed by atoms with Crippen LogP contribution >= 0.6 is 0 Å². The number of carbonyl (C=O) groups is 1. The van der Waals surface area contributed by atoms with Crippen molar-refractivity contribution in [2.45, 2.75) is 131 Å². The van der Waals surface area contributed by atoms with Gasteiger partial charge in [-0.05, 0) is 110 Å². The highest BCUT2D eigenvalue weighted by Gasteiger charge is 2.62. The Morgan fingerprint density at radius 2 is 1.64 bits per heavy atom. The first kappa shape index (κ1) is 25.9. The zero-order valence-electron chi connectivity index (χ0n) is 23.2. The molecular weight excluding hydrogens is 420 g/mol. The lowest BCUT2D eigenvalue weighted by molar-refractivity contribution is -0.163. The minimum absolute atomic E-state index is 0.309. The van der Waals surface area contributed by atoms with Gasteiger partial charge in [0.05, 0.1) is 0 Å². The van der Waals surface area contributed by atoms with Gasteiger partial charge in [-0.25, -0.2) is 0 Å². The standard InChI is InChI=1S/C30H54O2Si/c1-20(2)10-9-11-21(3)24-12-13-25-23-19-28(32-33(6,7)8)27-18-22(31)14-16-30(27,5)26(23)15-17-29(24,25)4/h20-21,23-28H,9-19H2,1-8H3. The molecule has 4 fully saturated rings. The molecule has 0 radical (unpaired) electrons. The molecule has 9 atom stereocenters. The molecule has 4 aliphatic rings. The average molecular weight is 475 g/mol. The zero-order chi connectivity index (χ0) is 24.2. The van der Waals surface area contributed by atoms with Crippen molar-refractivity contribution in [3.8, 4) is 0 Å². The van der Waals surface area contributed by atoms with E-state index in [4.69, 9.17) is 4.43 Å². The van der Waals surface area contributed by atoms with Crippen molar-refractivity contribution in [2.75, 3.05) is 0 Å². The molecule has 0 N–H and O–H groups in total. The first-order chi connectivity index (χ1) is 15.3. The van der Waals surface area contributed by atoms with E-state index in [9.17, 15) is 4.79 Å². The molecule has 3 heteroatoms. The van der Waals surface area contributed by atoms with Gasteiger partial charge in [0.1, 0.15) is 5.78 Å². The van der Waals surface area contributed by atoms with Crippen LogP contribution in [-0.2, 0) is 9.22 Å². The van der Waals surface area contributed by atoms with E-state index >= 15 is 0 Å². The Morgan fingerprint density at radius 3 is 2.30 bits per heavy atom. The Labute approximate surface area is 206 Å². The predicted octanol–water partition coefficient (Wildman–Crippen LogP) is 8.51. The zero-order valence-corrected chi connectivity index (χ0v) is 24.2. The molecule has 0 aliphatic heterocycles. The maximum atomic E-state index is 12.6. The summed E-state index contributed by atoms with van der Waals surface area (Å²) in [6.45, 7) is 19.6. The lowest BCUT2D eigenvalue weighted by Gasteiger charge is -2.62. The molecule has 9 unspecified atom stereocenters. The normalized spacial score (nSPS) is 44.3. The topological polar surface area (TPSA) is 26.3 Å². The van der Waals surface area contributed by atoms with E-state index < -0.39 is 8.32 Å². The third-order valence-corrected chi connectivity index (χ3v) is 12.2. The summed E-state index contributed by atoms with van der Waals surface area (Å²) in [4.78, 5) is 12.6. The lowest BCUT2D eigenvalue weighted by Crippen LogP contribution is -2.59. The second kappa shape index (κ2) is 9.38. The molecule has 0 spiro atoms. The molecule has 0 heterocycles. The van der Waals surface area contributed by atoms with Crippen molar-refractivity contribution in [3.63, 3.8) is 0 Å². The molecule has 2 nitrogen and oxygen atoms in total. The second-order valence-corrected chi connectivity index (χ2v) is 19.2. The van der Waals surface area contributed by atoms with E-state index in [2.05, 4.69) is 54.3 Å². The van der Waals surface area contributed by atoms with Gasteiger partial charge in [-0.15, -0.1) is 0 Å². The molecule has 4 rings (SSSR count). The largest absolute Gasteiger partial charge is 0.414 e. The number of hydrogen-bond donors (Lipinski definition) is 0. The van der Waals surface area contributed by atoms with Crippen LogP contribution in [0.1, 0.15) is 105 Å². The number of Topliss-reactive ketones (excluding diaryl/α,β-unsaturated/α-hetero) is 1. The highest BCUT2D eigenvalue weighted by molar-refractivity contribution is 6.69. The van der Waals surface area contributed by atoms with Crippen molar-refractivity contribution in [2.24, 2.45) is 52.3 Å². The SMILES string of the molecule is CC(C)CCCC(C)C1CCC2C3CC(O[Si](C)(C)C)C4CC(=O)CCC4(C)C3CCC12C. The highest BCUT2D eigenvalue weighted by atomic mass is 28.4. The fourth-order valence-electron chi connectivity index (χ4n) is 9.67. The quantitative estimate of drug-likeness (QED) is 0.346. The van der Waals surface area contributed by atoms with E-state index in [1.54, 1.807) is 0 Å². The smallest absolute Gasteiger partial charge is 0.184 e. The van der Waals surface area contributed by atoms with Crippen LogP contribution in [0.2, 0.25) is 19.6 Å². The monoisotopic (exact) mass is 474 g/mol. The fraction of sp³-hybridized carbons (Fsp3) is 0.967. The average Bonchev–Trinajstić information content (AvgIpc) is 3.05. The van der Waals surface area contributed by atoms with Gasteiger partial charge in [-0.1, -0.05) is 53.9 Å². The summed E-state index contributed by atoms with van der Waals surface area (Å²) >= 11 is 0. The summed E-state index contributed by atoms with van der Waals surface area (Å²) in [5, 5.41) is 0. The van der Waals surface area contributed by atoms with E-state index in [-0.39, 0.29) is 0 Å². The number of fused-ring (bicyclic) bond motifs is 5. The van der Waals surface area contributed by atoms with Gasteiger partial charge >= 0.3 is 0 Å². The lowest BCUT2D eigenvalue weighted by atomic mass is 9.44. The predicted molar refractivity (Wildman–Crippen MR) is 142 cm³/mol. The summed E-state index contributed by atoms with van der Waals surface area (Å²) in [5.74, 6) is 6.06. The summed E-state index contributed by atoms with van der Waals surface area (Å²) in [5.41, 5.74) is 0.833. The molecular formula is C30H54O2Si. The molecule has 0 bridgehead atoms. The molecule has 0 amide bonds. The van der Waals surface area contributed by atoms with Crippen LogP contribution in [0.25, 0.3) is 0 Å². The molecule has 4 aliphatic carbocycles. The van der Waals surface area contributed by atoms with Crippen LogP contribution < -0.4 is 0 Å². The number of hydrogen-bond acceptors (Lipinski definition) is 2. The third kappa shape index (κ3) is 4.93. The Morgan fingerprint density at radius 1 is 0.939 bits per heavy atom. The van der Waals surface area contributed by atoms with Crippen molar-refractivity contribution in [1.82, 2.24) is 0 Å². The highest BCUT2D eigenvalue weighted by Crippen LogP contribution is 2.68. The third-order valence-electron chi connectivity index (χ3n) is 11.2.